The molecule has 1 heterocycles. The van der Waals surface area contributed by atoms with Gasteiger partial charge in [-0.3, -0.25) is 5.43 Å². The molecule has 0 atom stereocenters. The summed E-state index contributed by atoms with van der Waals surface area (Å²) in [6.45, 7) is 1.98. The lowest BCUT2D eigenvalue weighted by molar-refractivity contribution is 0.196. The van der Waals surface area contributed by atoms with E-state index in [1.807, 2.05) is 0 Å². The second-order valence-corrected chi connectivity index (χ2v) is 5.99. The molecule has 0 radical (unpaired) electrons. The van der Waals surface area contributed by atoms with Crippen LogP contribution in [0.25, 0.3) is 0 Å². The van der Waals surface area contributed by atoms with Gasteiger partial charge in [0.1, 0.15) is 0 Å². The van der Waals surface area contributed by atoms with Gasteiger partial charge in [-0.15, -0.1) is 0 Å². The van der Waals surface area contributed by atoms with Gasteiger partial charge in [0.15, 0.2) is 5.11 Å². The van der Waals surface area contributed by atoms with Crippen LogP contribution in [0.5, 0.6) is 0 Å². The number of piperidine rings is 1. The van der Waals surface area contributed by atoms with Crippen LogP contribution in [0.15, 0.2) is 29.2 Å². The monoisotopic (exact) mass is 317 g/mol. The van der Waals surface area contributed by atoms with Crippen LogP contribution in [0.2, 0.25) is 0 Å². The second kappa shape index (κ2) is 7.75. The lowest BCUT2D eigenvalue weighted by atomic mass is 10.2. The van der Waals surface area contributed by atoms with Crippen molar-refractivity contribution >= 4 is 34.8 Å². The van der Waals surface area contributed by atoms with Crippen LogP contribution in [0.1, 0.15) is 19.3 Å². The first-order chi connectivity index (χ1) is 9.63. The molecule has 20 heavy (non-hydrogen) atoms. The average molecular weight is 317 g/mol. The molecule has 1 aliphatic heterocycles. The van der Waals surface area contributed by atoms with Gasteiger partial charge in [-0.25, -0.2) is 5.01 Å². The number of thiocarbonyl (C=S) groups is 1. The van der Waals surface area contributed by atoms with Crippen molar-refractivity contribution in [3.8, 4) is 0 Å². The zero-order chi connectivity index (χ0) is 14.4. The number of rotatable bonds is 4. The fraction of sp³-hybridized carbons (Fsp3) is 0.462. The zero-order valence-corrected chi connectivity index (χ0v) is 12.6. The third-order valence-corrected chi connectivity index (χ3v) is 3.87. The summed E-state index contributed by atoms with van der Waals surface area (Å²) in [5.41, 5.74) is 3.93. The normalized spacial score (nSPS) is 16.1. The number of halogens is 2. The predicted octanol–water partition coefficient (Wildman–Crippen LogP) is 3.69. The van der Waals surface area contributed by atoms with E-state index in [0.717, 1.165) is 18.8 Å². The molecular formula is C13H17F2N3S2. The maximum Gasteiger partial charge on any atom is 0.288 e. The van der Waals surface area contributed by atoms with Crippen LogP contribution in [0.3, 0.4) is 0 Å². The van der Waals surface area contributed by atoms with Crippen molar-refractivity contribution in [2.45, 2.75) is 29.9 Å². The Labute approximate surface area is 127 Å². The Kier molecular flexibility index (Phi) is 6.00. The van der Waals surface area contributed by atoms with Gasteiger partial charge < -0.3 is 5.32 Å². The van der Waals surface area contributed by atoms with Crippen molar-refractivity contribution in [3.05, 3.63) is 24.3 Å². The summed E-state index contributed by atoms with van der Waals surface area (Å²) >= 11 is 5.77. The quantitative estimate of drug-likeness (QED) is 0.652. The molecule has 0 spiro atoms. The minimum absolute atomic E-state index is 0.529. The van der Waals surface area contributed by atoms with Crippen molar-refractivity contribution in [1.82, 2.24) is 10.4 Å². The fourth-order valence-corrected chi connectivity index (χ4v) is 2.77. The summed E-state index contributed by atoms with van der Waals surface area (Å²) in [4.78, 5) is 0.542. The van der Waals surface area contributed by atoms with E-state index in [0.29, 0.717) is 21.8 Å². The molecule has 1 aromatic rings. The van der Waals surface area contributed by atoms with Gasteiger partial charge in [-0.2, -0.15) is 8.78 Å². The Morgan fingerprint density at radius 2 is 1.80 bits per heavy atom. The Balaban J connectivity index is 1.81. The van der Waals surface area contributed by atoms with Crippen molar-refractivity contribution < 1.29 is 8.78 Å². The van der Waals surface area contributed by atoms with Gasteiger partial charge in [0.2, 0.25) is 0 Å². The highest BCUT2D eigenvalue weighted by Crippen LogP contribution is 2.26. The molecule has 0 saturated carbocycles. The van der Waals surface area contributed by atoms with Gasteiger partial charge in [-0.05, 0) is 49.3 Å². The molecular weight excluding hydrogens is 300 g/mol. The number of hydrogen-bond acceptors (Lipinski definition) is 3. The summed E-state index contributed by atoms with van der Waals surface area (Å²) in [6.07, 6.45) is 3.62. The molecule has 1 fully saturated rings. The molecule has 0 bridgehead atoms. The molecule has 3 nitrogen and oxygen atoms in total. The molecule has 1 saturated heterocycles. The van der Waals surface area contributed by atoms with Crippen molar-refractivity contribution in [2.75, 3.05) is 18.4 Å². The molecule has 110 valence electrons. The molecule has 1 aliphatic rings. The highest BCUT2D eigenvalue weighted by molar-refractivity contribution is 7.99. The first-order valence-electron chi connectivity index (χ1n) is 6.51. The van der Waals surface area contributed by atoms with E-state index in [1.165, 1.54) is 19.3 Å². The van der Waals surface area contributed by atoms with Crippen molar-refractivity contribution in [1.29, 1.82) is 0 Å². The zero-order valence-electron chi connectivity index (χ0n) is 10.9. The number of thioether (sulfide) groups is 1. The van der Waals surface area contributed by atoms with Crippen molar-refractivity contribution in [2.24, 2.45) is 0 Å². The third kappa shape index (κ3) is 5.22. The van der Waals surface area contributed by atoms with E-state index in [9.17, 15) is 8.78 Å². The standard InChI is InChI=1S/C13H17F2N3S2/c14-12(15)20-11-6-4-10(5-7-11)16-13(19)17-18-8-2-1-3-9-18/h4-7,12H,1-3,8-9H2,(H2,16,17,19). The Bertz CT molecular complexity index is 434. The summed E-state index contributed by atoms with van der Waals surface area (Å²) in [5, 5.41) is 5.68. The molecule has 0 aliphatic carbocycles. The van der Waals surface area contributed by atoms with Gasteiger partial charge in [0.05, 0.1) is 0 Å². The molecule has 0 amide bonds. The SMILES string of the molecule is FC(F)Sc1ccc(NC(=S)NN2CCCCC2)cc1. The van der Waals surface area contributed by atoms with Crippen LogP contribution in [-0.2, 0) is 0 Å². The Morgan fingerprint density at radius 1 is 1.15 bits per heavy atom. The summed E-state index contributed by atoms with van der Waals surface area (Å²) < 4.78 is 24.4. The lowest BCUT2D eigenvalue weighted by Gasteiger charge is -2.28. The highest BCUT2D eigenvalue weighted by atomic mass is 32.2. The second-order valence-electron chi connectivity index (χ2n) is 4.52. The summed E-state index contributed by atoms with van der Waals surface area (Å²) in [7, 11) is 0. The lowest BCUT2D eigenvalue weighted by Crippen LogP contribution is -2.46. The minimum atomic E-state index is -2.39. The van der Waals surface area contributed by atoms with E-state index in [4.69, 9.17) is 12.2 Å². The minimum Gasteiger partial charge on any atom is -0.332 e. The Hall–Kier alpha value is -0.920. The van der Waals surface area contributed by atoms with E-state index in [1.54, 1.807) is 24.3 Å². The fourth-order valence-electron chi connectivity index (χ4n) is 2.03. The van der Waals surface area contributed by atoms with Crippen molar-refractivity contribution in [3.63, 3.8) is 0 Å². The Morgan fingerprint density at radius 3 is 2.40 bits per heavy atom. The molecule has 2 rings (SSSR count). The number of anilines is 1. The van der Waals surface area contributed by atoms with Gasteiger partial charge in [-0.1, -0.05) is 18.2 Å². The third-order valence-electron chi connectivity index (χ3n) is 2.95. The predicted molar refractivity (Wildman–Crippen MR) is 83.1 cm³/mol. The number of hydrazine groups is 1. The first kappa shape index (κ1) is 15.5. The summed E-state index contributed by atoms with van der Waals surface area (Å²) in [6, 6.07) is 6.80. The summed E-state index contributed by atoms with van der Waals surface area (Å²) in [5.74, 6) is -2.39. The van der Waals surface area contributed by atoms with Gasteiger partial charge >= 0.3 is 0 Å². The van der Waals surface area contributed by atoms with Crippen LogP contribution in [0, 0.1) is 0 Å². The first-order valence-corrected chi connectivity index (χ1v) is 7.80. The molecule has 0 unspecified atom stereocenters. The number of nitrogens with zero attached hydrogens (tertiary/aromatic N) is 1. The number of nitrogens with one attached hydrogen (secondary N) is 2. The van der Waals surface area contributed by atoms with Crippen LogP contribution >= 0.6 is 24.0 Å². The topological polar surface area (TPSA) is 27.3 Å². The van der Waals surface area contributed by atoms with Crippen LogP contribution in [-0.4, -0.2) is 29.0 Å². The molecule has 1 aromatic carbocycles. The number of benzene rings is 1. The van der Waals surface area contributed by atoms with Gasteiger partial charge in [0.25, 0.3) is 5.76 Å². The van der Waals surface area contributed by atoms with E-state index in [-0.39, 0.29) is 0 Å². The van der Waals surface area contributed by atoms with Crippen LogP contribution < -0.4 is 10.7 Å². The largest absolute Gasteiger partial charge is 0.332 e. The molecule has 0 aromatic heterocycles. The van der Waals surface area contributed by atoms with Crippen LogP contribution in [0.4, 0.5) is 14.5 Å². The number of alkyl halides is 2. The van der Waals surface area contributed by atoms with Gasteiger partial charge in [0, 0.05) is 23.7 Å². The number of hydrogen-bond donors (Lipinski definition) is 2. The highest BCUT2D eigenvalue weighted by Gasteiger charge is 2.11. The molecule has 7 heteroatoms. The smallest absolute Gasteiger partial charge is 0.288 e. The van der Waals surface area contributed by atoms with E-state index in [2.05, 4.69) is 15.8 Å². The van der Waals surface area contributed by atoms with E-state index >= 15 is 0 Å². The maximum absolute atomic E-state index is 12.2. The maximum atomic E-state index is 12.2. The average Bonchev–Trinajstić information content (AvgIpc) is 2.41. The van der Waals surface area contributed by atoms with E-state index < -0.39 is 5.76 Å². The molecule has 2 N–H and O–H groups in total.